The second kappa shape index (κ2) is 8.16. The summed E-state index contributed by atoms with van der Waals surface area (Å²) in [5, 5.41) is 21.3. The van der Waals surface area contributed by atoms with Gasteiger partial charge < -0.3 is 20.6 Å². The van der Waals surface area contributed by atoms with Gasteiger partial charge in [0.25, 0.3) is 0 Å². The normalized spacial score (nSPS) is 14.0. The predicted octanol–water partition coefficient (Wildman–Crippen LogP) is 2.97. The molecule has 1 saturated heterocycles. The Bertz CT molecular complexity index is 1090. The third-order valence-electron chi connectivity index (χ3n) is 5.20. The first-order valence-corrected chi connectivity index (χ1v) is 9.83. The molecule has 0 aliphatic carbocycles. The SMILES string of the molecule is CC(=O)Nc1ccc(-c2cccc(-c3cc(N4CCNCC4)n(C)n3)c2O)cc1F. The lowest BCUT2D eigenvalue weighted by molar-refractivity contribution is -0.114. The summed E-state index contributed by atoms with van der Waals surface area (Å²) >= 11 is 0. The van der Waals surface area contributed by atoms with E-state index in [1.165, 1.54) is 19.1 Å². The van der Waals surface area contributed by atoms with Crippen LogP contribution < -0.4 is 15.5 Å². The highest BCUT2D eigenvalue weighted by molar-refractivity contribution is 5.89. The van der Waals surface area contributed by atoms with Crippen LogP contribution >= 0.6 is 0 Å². The van der Waals surface area contributed by atoms with Crippen LogP contribution in [0.2, 0.25) is 0 Å². The number of aryl methyl sites for hydroxylation is 1. The average Bonchev–Trinajstić information content (AvgIpc) is 3.11. The Labute approximate surface area is 174 Å². The zero-order valence-corrected chi connectivity index (χ0v) is 16.9. The topological polar surface area (TPSA) is 82.4 Å². The fraction of sp³-hybridized carbons (Fsp3) is 0.273. The molecule has 1 aliphatic heterocycles. The minimum Gasteiger partial charge on any atom is -0.507 e. The third-order valence-corrected chi connectivity index (χ3v) is 5.20. The Morgan fingerprint density at radius 1 is 1.17 bits per heavy atom. The number of nitrogens with zero attached hydrogens (tertiary/aromatic N) is 3. The fourth-order valence-electron chi connectivity index (χ4n) is 3.74. The summed E-state index contributed by atoms with van der Waals surface area (Å²) in [5.41, 5.74) is 2.35. The summed E-state index contributed by atoms with van der Waals surface area (Å²) in [6.07, 6.45) is 0. The highest BCUT2D eigenvalue weighted by atomic mass is 19.1. The number of rotatable bonds is 4. The van der Waals surface area contributed by atoms with Crippen LogP contribution in [0.5, 0.6) is 5.75 Å². The molecule has 0 spiro atoms. The molecule has 0 radical (unpaired) electrons. The van der Waals surface area contributed by atoms with Gasteiger partial charge in [0.1, 0.15) is 17.4 Å². The van der Waals surface area contributed by atoms with E-state index in [1.54, 1.807) is 18.2 Å². The molecule has 1 amide bonds. The largest absolute Gasteiger partial charge is 0.507 e. The van der Waals surface area contributed by atoms with Crippen molar-refractivity contribution in [1.29, 1.82) is 0 Å². The Hall–Kier alpha value is -3.39. The van der Waals surface area contributed by atoms with Gasteiger partial charge in [0.15, 0.2) is 0 Å². The fourth-order valence-corrected chi connectivity index (χ4v) is 3.74. The van der Waals surface area contributed by atoms with Crippen molar-refractivity contribution in [2.24, 2.45) is 7.05 Å². The van der Waals surface area contributed by atoms with Crippen molar-refractivity contribution in [3.05, 3.63) is 48.3 Å². The van der Waals surface area contributed by atoms with Gasteiger partial charge in [-0.05, 0) is 23.8 Å². The third kappa shape index (κ3) is 3.86. The van der Waals surface area contributed by atoms with Crippen LogP contribution in [0.3, 0.4) is 0 Å². The van der Waals surface area contributed by atoms with Gasteiger partial charge in [-0.3, -0.25) is 9.48 Å². The van der Waals surface area contributed by atoms with Gasteiger partial charge in [-0.25, -0.2) is 4.39 Å². The first-order chi connectivity index (χ1) is 14.4. The van der Waals surface area contributed by atoms with Crippen molar-refractivity contribution >= 4 is 17.4 Å². The van der Waals surface area contributed by atoms with E-state index in [9.17, 15) is 14.3 Å². The summed E-state index contributed by atoms with van der Waals surface area (Å²) in [4.78, 5) is 13.4. The number of benzene rings is 2. The van der Waals surface area contributed by atoms with Gasteiger partial charge in [-0.1, -0.05) is 18.2 Å². The quantitative estimate of drug-likeness (QED) is 0.617. The Balaban J connectivity index is 1.69. The number of anilines is 2. The number of amides is 1. The molecule has 156 valence electrons. The van der Waals surface area contributed by atoms with E-state index in [0.29, 0.717) is 22.4 Å². The molecule has 1 fully saturated rings. The van der Waals surface area contributed by atoms with Crippen LogP contribution in [-0.4, -0.2) is 47.0 Å². The molecule has 2 heterocycles. The van der Waals surface area contributed by atoms with Gasteiger partial charge in [0.05, 0.1) is 11.4 Å². The first-order valence-electron chi connectivity index (χ1n) is 9.83. The molecule has 8 heteroatoms. The lowest BCUT2D eigenvalue weighted by Gasteiger charge is -2.28. The summed E-state index contributed by atoms with van der Waals surface area (Å²) in [6, 6.07) is 11.7. The van der Waals surface area contributed by atoms with Crippen molar-refractivity contribution in [2.45, 2.75) is 6.92 Å². The molecule has 1 aliphatic rings. The number of carbonyl (C=O) groups excluding carboxylic acids is 1. The zero-order chi connectivity index (χ0) is 21.3. The number of aromatic nitrogens is 2. The van der Waals surface area contributed by atoms with E-state index in [2.05, 4.69) is 20.6 Å². The number of hydrogen-bond donors (Lipinski definition) is 3. The maximum atomic E-state index is 14.4. The summed E-state index contributed by atoms with van der Waals surface area (Å²) in [5.74, 6) is 0.115. The summed E-state index contributed by atoms with van der Waals surface area (Å²) < 4.78 is 16.2. The predicted molar refractivity (Wildman–Crippen MR) is 115 cm³/mol. The number of piperazine rings is 1. The smallest absolute Gasteiger partial charge is 0.221 e. The molecule has 4 rings (SSSR count). The number of hydrogen-bond acceptors (Lipinski definition) is 5. The Morgan fingerprint density at radius 3 is 2.60 bits per heavy atom. The second-order valence-electron chi connectivity index (χ2n) is 7.33. The van der Waals surface area contributed by atoms with Crippen LogP contribution in [0, 0.1) is 5.82 Å². The number of phenols is 1. The molecular weight excluding hydrogens is 385 g/mol. The Kier molecular flexibility index (Phi) is 5.41. The van der Waals surface area contributed by atoms with Crippen LogP contribution in [-0.2, 0) is 11.8 Å². The average molecular weight is 409 g/mol. The van der Waals surface area contributed by atoms with Crippen LogP contribution in [0.1, 0.15) is 6.92 Å². The molecule has 7 nitrogen and oxygen atoms in total. The number of para-hydroxylation sites is 1. The van der Waals surface area contributed by atoms with Gasteiger partial charge in [0.2, 0.25) is 5.91 Å². The molecule has 30 heavy (non-hydrogen) atoms. The maximum absolute atomic E-state index is 14.4. The van der Waals surface area contributed by atoms with Crippen molar-refractivity contribution in [3.63, 3.8) is 0 Å². The number of aromatic hydroxyl groups is 1. The van der Waals surface area contributed by atoms with Gasteiger partial charge in [-0.15, -0.1) is 0 Å². The molecular formula is C22H24FN5O2. The standard InChI is InChI=1S/C22H24FN5O2/c1-14(29)25-19-7-6-15(12-18(19)23)16-4-3-5-17(22(16)30)20-13-21(27(2)26-20)28-10-8-24-9-11-28/h3-7,12-13,24,30H,8-11H2,1-2H3,(H,25,29). The monoisotopic (exact) mass is 409 g/mol. The zero-order valence-electron chi connectivity index (χ0n) is 16.9. The molecule has 0 bridgehead atoms. The van der Waals surface area contributed by atoms with E-state index in [1.807, 2.05) is 23.9 Å². The van der Waals surface area contributed by atoms with E-state index < -0.39 is 5.82 Å². The van der Waals surface area contributed by atoms with Crippen LogP contribution in [0.15, 0.2) is 42.5 Å². The van der Waals surface area contributed by atoms with Gasteiger partial charge >= 0.3 is 0 Å². The molecule has 2 aromatic carbocycles. The number of nitrogens with one attached hydrogen (secondary N) is 2. The molecule has 0 saturated carbocycles. The Morgan fingerprint density at radius 2 is 1.90 bits per heavy atom. The van der Waals surface area contributed by atoms with Crippen molar-refractivity contribution in [2.75, 3.05) is 36.4 Å². The minimum atomic E-state index is -0.564. The highest BCUT2D eigenvalue weighted by Crippen LogP contribution is 2.39. The number of carbonyl (C=O) groups is 1. The van der Waals surface area contributed by atoms with E-state index in [0.717, 1.165) is 32.0 Å². The van der Waals surface area contributed by atoms with E-state index in [4.69, 9.17) is 0 Å². The molecule has 0 unspecified atom stereocenters. The van der Waals surface area contributed by atoms with Crippen molar-refractivity contribution in [1.82, 2.24) is 15.1 Å². The number of phenolic OH excluding ortho intramolecular Hbond substituents is 1. The first kappa shape index (κ1) is 19.9. The minimum absolute atomic E-state index is 0.0362. The van der Waals surface area contributed by atoms with E-state index in [-0.39, 0.29) is 17.3 Å². The van der Waals surface area contributed by atoms with E-state index >= 15 is 0 Å². The molecule has 0 atom stereocenters. The molecule has 3 aromatic rings. The highest BCUT2D eigenvalue weighted by Gasteiger charge is 2.19. The van der Waals surface area contributed by atoms with Crippen molar-refractivity contribution < 1.29 is 14.3 Å². The summed E-state index contributed by atoms with van der Waals surface area (Å²) in [7, 11) is 1.89. The maximum Gasteiger partial charge on any atom is 0.221 e. The second-order valence-corrected chi connectivity index (χ2v) is 7.33. The molecule has 3 N–H and O–H groups in total. The molecule has 1 aromatic heterocycles. The van der Waals surface area contributed by atoms with Crippen molar-refractivity contribution in [3.8, 4) is 28.1 Å². The summed E-state index contributed by atoms with van der Waals surface area (Å²) in [6.45, 7) is 4.95. The van der Waals surface area contributed by atoms with Crippen LogP contribution in [0.4, 0.5) is 15.9 Å². The van der Waals surface area contributed by atoms with Crippen LogP contribution in [0.25, 0.3) is 22.4 Å². The number of halogens is 1. The van der Waals surface area contributed by atoms with Gasteiger partial charge in [-0.2, -0.15) is 5.10 Å². The lowest BCUT2D eigenvalue weighted by atomic mass is 9.99. The lowest BCUT2D eigenvalue weighted by Crippen LogP contribution is -2.44. The van der Waals surface area contributed by atoms with Gasteiger partial charge in [0, 0.05) is 57.3 Å².